The number of hydrogen-bond acceptors (Lipinski definition) is 6. The summed E-state index contributed by atoms with van der Waals surface area (Å²) in [5.74, 6) is 0.620. The van der Waals surface area contributed by atoms with Crippen LogP contribution in [0.5, 0.6) is 0 Å². The van der Waals surface area contributed by atoms with E-state index in [-0.39, 0.29) is 5.89 Å². The molecule has 8 heteroatoms. The first-order valence-corrected chi connectivity index (χ1v) is 9.40. The minimum atomic E-state index is -0.815. The monoisotopic (exact) mass is 407 g/mol. The summed E-state index contributed by atoms with van der Waals surface area (Å²) in [7, 11) is 0. The second-order valence-electron chi connectivity index (χ2n) is 6.80. The van der Waals surface area contributed by atoms with Gasteiger partial charge in [0.25, 0.3) is 0 Å². The molecule has 0 bridgehead atoms. The number of benzene rings is 2. The number of aliphatic hydroxyl groups excluding tert-OH is 1. The second kappa shape index (κ2) is 7.59. The molecule has 1 unspecified atom stereocenters. The van der Waals surface area contributed by atoms with Gasteiger partial charge in [0.15, 0.2) is 0 Å². The van der Waals surface area contributed by atoms with Crippen LogP contribution in [0, 0.1) is 18.3 Å². The maximum Gasteiger partial charge on any atom is 0.247 e. The molecule has 2 aromatic carbocycles. The highest BCUT2D eigenvalue weighted by Gasteiger charge is 2.25. The molecule has 0 fully saturated rings. The number of nitrogens with one attached hydrogen (secondary N) is 2. The summed E-state index contributed by atoms with van der Waals surface area (Å²) in [5, 5.41) is 32.3. The fourth-order valence-electron chi connectivity index (χ4n) is 3.15. The van der Waals surface area contributed by atoms with Crippen LogP contribution in [0.2, 0.25) is 5.02 Å². The molecule has 7 nitrogen and oxygen atoms in total. The van der Waals surface area contributed by atoms with Crippen molar-refractivity contribution in [2.75, 3.05) is 5.32 Å². The van der Waals surface area contributed by atoms with E-state index in [0.717, 1.165) is 16.5 Å². The summed E-state index contributed by atoms with van der Waals surface area (Å²) in [6, 6.07) is 12.5. The normalized spacial score (nSPS) is 13.2. The number of fused-ring (bicyclic) bond motifs is 1. The number of nitriles is 1. The van der Waals surface area contributed by atoms with Gasteiger partial charge in [-0.25, -0.2) is 0 Å². The fraction of sp³-hybridized carbons (Fsp3) is 0.190. The Morgan fingerprint density at radius 3 is 2.83 bits per heavy atom. The van der Waals surface area contributed by atoms with Gasteiger partial charge in [0, 0.05) is 28.4 Å². The second-order valence-corrected chi connectivity index (χ2v) is 7.18. The lowest BCUT2D eigenvalue weighted by atomic mass is 10.1. The number of aromatic amines is 1. The van der Waals surface area contributed by atoms with Crippen LogP contribution in [0.3, 0.4) is 0 Å². The highest BCUT2D eigenvalue weighted by molar-refractivity contribution is 6.32. The van der Waals surface area contributed by atoms with Gasteiger partial charge in [-0.2, -0.15) is 5.26 Å². The molecule has 0 saturated carbocycles. The molecule has 3 N–H and O–H groups in total. The largest absolute Gasteiger partial charge is 0.418 e. The van der Waals surface area contributed by atoms with Crippen molar-refractivity contribution < 1.29 is 9.52 Å². The first-order valence-electron chi connectivity index (χ1n) is 9.02. The van der Waals surface area contributed by atoms with E-state index in [0.29, 0.717) is 27.7 Å². The quantitative estimate of drug-likeness (QED) is 0.446. The van der Waals surface area contributed by atoms with Crippen LogP contribution in [0.4, 0.5) is 5.69 Å². The number of aromatic nitrogens is 3. The maximum atomic E-state index is 10.3. The molecule has 4 aromatic rings. The third-order valence-electron chi connectivity index (χ3n) is 4.81. The lowest BCUT2D eigenvalue weighted by Gasteiger charge is -2.21. The number of hydrogen-bond donors (Lipinski definition) is 3. The maximum absolute atomic E-state index is 10.3. The Bertz CT molecular complexity index is 1220. The van der Waals surface area contributed by atoms with Crippen molar-refractivity contribution in [2.24, 2.45) is 0 Å². The summed E-state index contributed by atoms with van der Waals surface area (Å²) >= 11 is 6.25. The number of aliphatic hydroxyl groups is 1. The van der Waals surface area contributed by atoms with Gasteiger partial charge in [-0.3, -0.25) is 0 Å². The van der Waals surface area contributed by atoms with E-state index in [9.17, 15) is 5.11 Å². The zero-order chi connectivity index (χ0) is 20.5. The zero-order valence-corrected chi connectivity index (χ0v) is 16.5. The highest BCUT2D eigenvalue weighted by Crippen LogP contribution is 2.32. The third kappa shape index (κ3) is 3.56. The average Bonchev–Trinajstić information content (AvgIpc) is 3.37. The Morgan fingerprint density at radius 2 is 2.07 bits per heavy atom. The van der Waals surface area contributed by atoms with Crippen LogP contribution in [0.1, 0.15) is 30.0 Å². The van der Waals surface area contributed by atoms with Crippen LogP contribution in [-0.4, -0.2) is 26.4 Å². The summed E-state index contributed by atoms with van der Waals surface area (Å²) < 4.78 is 5.87. The molecule has 0 aliphatic rings. The smallest absolute Gasteiger partial charge is 0.247 e. The van der Waals surface area contributed by atoms with Gasteiger partial charge in [0.2, 0.25) is 11.8 Å². The van der Waals surface area contributed by atoms with Crippen molar-refractivity contribution in [3.05, 3.63) is 64.6 Å². The molecule has 4 rings (SSSR count). The van der Waals surface area contributed by atoms with E-state index in [1.54, 1.807) is 26.0 Å². The molecular formula is C21H18ClN5O2. The van der Waals surface area contributed by atoms with Gasteiger partial charge in [-0.1, -0.05) is 11.6 Å². The molecule has 0 aliphatic heterocycles. The van der Waals surface area contributed by atoms with Gasteiger partial charge in [0.1, 0.15) is 12.1 Å². The zero-order valence-electron chi connectivity index (χ0n) is 15.8. The number of halogens is 1. The Hall–Kier alpha value is -3.34. The molecule has 29 heavy (non-hydrogen) atoms. The first kappa shape index (κ1) is 19.0. The van der Waals surface area contributed by atoms with E-state index < -0.39 is 12.1 Å². The topological polar surface area (TPSA) is 111 Å². The molecule has 0 amide bonds. The molecule has 2 aromatic heterocycles. The van der Waals surface area contributed by atoms with Crippen LogP contribution in [0.25, 0.3) is 22.4 Å². The molecule has 0 aliphatic carbocycles. The summed E-state index contributed by atoms with van der Waals surface area (Å²) in [4.78, 5) is 3.14. The SMILES string of the molecule is Cc1c(NC(c2nnc(-c3ccc4[nH]ccc4c3)o2)[C@H](C)O)ccc(C#N)c1Cl. The molecule has 146 valence electrons. The van der Waals surface area contributed by atoms with E-state index in [1.165, 1.54) is 0 Å². The third-order valence-corrected chi connectivity index (χ3v) is 5.29. The van der Waals surface area contributed by atoms with E-state index >= 15 is 0 Å². The predicted octanol–water partition coefficient (Wildman–Crippen LogP) is 4.59. The van der Waals surface area contributed by atoms with Crippen LogP contribution < -0.4 is 5.32 Å². The number of rotatable bonds is 5. The van der Waals surface area contributed by atoms with Gasteiger partial charge in [-0.15, -0.1) is 10.2 Å². The Kier molecular flexibility index (Phi) is 4.97. The number of H-pyrrole nitrogens is 1. The Labute approximate surface area is 172 Å². The molecule has 2 atom stereocenters. The Morgan fingerprint density at radius 1 is 1.24 bits per heavy atom. The number of nitrogens with zero attached hydrogens (tertiary/aromatic N) is 3. The van der Waals surface area contributed by atoms with Crippen molar-refractivity contribution in [2.45, 2.75) is 26.0 Å². The van der Waals surface area contributed by atoms with E-state index in [4.69, 9.17) is 21.3 Å². The molecule has 0 radical (unpaired) electrons. The lowest BCUT2D eigenvalue weighted by molar-refractivity contribution is 0.159. The average molecular weight is 408 g/mol. The highest BCUT2D eigenvalue weighted by atomic mass is 35.5. The summed E-state index contributed by atoms with van der Waals surface area (Å²) in [6.45, 7) is 3.43. The first-order chi connectivity index (χ1) is 14.0. The van der Waals surface area contributed by atoms with Gasteiger partial charge < -0.3 is 19.8 Å². The van der Waals surface area contributed by atoms with Crippen molar-refractivity contribution in [3.63, 3.8) is 0 Å². The standard InChI is InChI=1S/C21H18ClN5O2/c1-11-16(5-4-15(10-23)18(11)22)25-19(12(2)28)21-27-26-20(29-21)14-3-6-17-13(9-14)7-8-24-17/h3-9,12,19,24-25,28H,1-2H3/t12-,19?/m0/s1. The Balaban J connectivity index is 1.65. The molecular weight excluding hydrogens is 390 g/mol. The van der Waals surface area contributed by atoms with Gasteiger partial charge in [-0.05, 0) is 55.8 Å². The number of anilines is 1. The van der Waals surface area contributed by atoms with E-state index in [2.05, 4.69) is 26.6 Å². The fourth-order valence-corrected chi connectivity index (χ4v) is 3.35. The molecule has 0 saturated heterocycles. The predicted molar refractivity (Wildman–Crippen MR) is 111 cm³/mol. The van der Waals surface area contributed by atoms with Crippen molar-refractivity contribution >= 4 is 28.2 Å². The lowest BCUT2D eigenvalue weighted by Crippen LogP contribution is -2.23. The van der Waals surface area contributed by atoms with Gasteiger partial charge >= 0.3 is 0 Å². The summed E-state index contributed by atoms with van der Waals surface area (Å²) in [6.07, 6.45) is 1.05. The van der Waals surface area contributed by atoms with Crippen molar-refractivity contribution in [3.8, 4) is 17.5 Å². The summed E-state index contributed by atoms with van der Waals surface area (Å²) in [5.41, 5.74) is 3.58. The van der Waals surface area contributed by atoms with Crippen LogP contribution >= 0.6 is 11.6 Å². The van der Waals surface area contributed by atoms with Crippen molar-refractivity contribution in [1.82, 2.24) is 15.2 Å². The van der Waals surface area contributed by atoms with Crippen LogP contribution in [0.15, 0.2) is 47.0 Å². The molecule has 2 heterocycles. The molecule has 0 spiro atoms. The van der Waals surface area contributed by atoms with Crippen molar-refractivity contribution in [1.29, 1.82) is 5.26 Å². The van der Waals surface area contributed by atoms with E-state index in [1.807, 2.05) is 30.5 Å². The minimum absolute atomic E-state index is 0.254. The minimum Gasteiger partial charge on any atom is -0.418 e. The van der Waals surface area contributed by atoms with Gasteiger partial charge in [0.05, 0.1) is 16.7 Å². The van der Waals surface area contributed by atoms with Crippen LogP contribution in [-0.2, 0) is 0 Å².